The van der Waals surface area contributed by atoms with Crippen LogP contribution in [0.4, 0.5) is 0 Å². The molecule has 1 heterocycles. The highest BCUT2D eigenvalue weighted by molar-refractivity contribution is 5.34. The Bertz CT molecular complexity index is 847. The van der Waals surface area contributed by atoms with Crippen LogP contribution in [0, 0.1) is 27.7 Å². The van der Waals surface area contributed by atoms with Crippen LogP contribution in [0.3, 0.4) is 0 Å². The number of hydrogen-bond donors (Lipinski definition) is 2. The van der Waals surface area contributed by atoms with Gasteiger partial charge in [0.15, 0.2) is 0 Å². The minimum atomic E-state index is -0.503. The summed E-state index contributed by atoms with van der Waals surface area (Å²) in [5.74, 6) is 1.79. The van der Waals surface area contributed by atoms with Crippen molar-refractivity contribution in [2.24, 2.45) is 0 Å². The normalized spacial score (nSPS) is 16.2. The van der Waals surface area contributed by atoms with Gasteiger partial charge in [-0.2, -0.15) is 0 Å². The second-order valence-corrected chi connectivity index (χ2v) is 9.18. The van der Waals surface area contributed by atoms with Crippen molar-refractivity contribution >= 4 is 0 Å². The molecule has 0 aliphatic carbocycles. The zero-order valence-electron chi connectivity index (χ0n) is 20.2. The van der Waals surface area contributed by atoms with E-state index >= 15 is 0 Å². The van der Waals surface area contributed by atoms with Crippen LogP contribution in [-0.4, -0.2) is 61.5 Å². The van der Waals surface area contributed by atoms with Gasteiger partial charge in [-0.05, 0) is 107 Å². The number of aliphatic hydroxyl groups excluding tert-OH is 1. The molecule has 1 aliphatic rings. The highest BCUT2D eigenvalue weighted by atomic mass is 16.5. The van der Waals surface area contributed by atoms with Crippen LogP contribution in [0.2, 0.25) is 0 Å². The number of aryl methyl sites for hydroxylation is 4. The minimum Gasteiger partial charge on any atom is -0.494 e. The summed E-state index contributed by atoms with van der Waals surface area (Å²) in [4.78, 5) is 2.52. The topological polar surface area (TPSA) is 54.0 Å². The first-order valence-electron chi connectivity index (χ1n) is 11.9. The Kier molecular flexibility index (Phi) is 9.39. The number of nitrogens with one attached hydrogen (secondary N) is 1. The first kappa shape index (κ1) is 24.6. The summed E-state index contributed by atoms with van der Waals surface area (Å²) in [5.41, 5.74) is 5.03. The second-order valence-electron chi connectivity index (χ2n) is 9.18. The Morgan fingerprint density at radius 3 is 2.09 bits per heavy atom. The number of benzene rings is 2. The molecule has 1 saturated heterocycles. The van der Waals surface area contributed by atoms with Gasteiger partial charge in [0, 0.05) is 19.1 Å². The predicted molar refractivity (Wildman–Crippen MR) is 131 cm³/mol. The maximum absolute atomic E-state index is 10.3. The first-order chi connectivity index (χ1) is 15.4. The number of rotatable bonds is 11. The van der Waals surface area contributed by atoms with Gasteiger partial charge in [-0.3, -0.25) is 0 Å². The molecule has 2 aromatic carbocycles. The fourth-order valence-electron chi connectivity index (χ4n) is 4.00. The standard InChI is InChI=1S/C27H40N2O3/c1-20-6-8-26(16-22(20)3)31-15-5-12-29-13-10-24(11-14-29)28-18-25(30)19-32-27-9-7-21(2)23(4)17-27/h6-9,16-17,24-25,28,30H,5,10-15,18-19H2,1-4H3. The molecule has 5 heteroatoms. The van der Waals surface area contributed by atoms with Crippen LogP contribution in [0.1, 0.15) is 41.5 Å². The molecule has 0 aromatic heterocycles. The van der Waals surface area contributed by atoms with E-state index in [1.54, 1.807) is 0 Å². The van der Waals surface area contributed by atoms with E-state index in [0.29, 0.717) is 19.2 Å². The average Bonchev–Trinajstić information content (AvgIpc) is 2.79. The molecule has 32 heavy (non-hydrogen) atoms. The third-order valence-electron chi connectivity index (χ3n) is 6.52. The SMILES string of the molecule is Cc1ccc(OCCCN2CCC(NCC(O)COc3ccc(C)c(C)c3)CC2)cc1C. The number of nitrogens with zero attached hydrogens (tertiary/aromatic N) is 1. The molecule has 0 saturated carbocycles. The van der Waals surface area contributed by atoms with Crippen molar-refractivity contribution in [3.63, 3.8) is 0 Å². The molecular weight excluding hydrogens is 400 g/mol. The van der Waals surface area contributed by atoms with Crippen LogP contribution in [0.15, 0.2) is 36.4 Å². The molecule has 2 aromatic rings. The molecule has 0 spiro atoms. The summed E-state index contributed by atoms with van der Waals surface area (Å²) >= 11 is 0. The minimum absolute atomic E-state index is 0.314. The number of aliphatic hydroxyl groups is 1. The van der Waals surface area contributed by atoms with Crippen LogP contribution in [0.25, 0.3) is 0 Å². The molecule has 5 nitrogen and oxygen atoms in total. The summed E-state index contributed by atoms with van der Waals surface area (Å²) in [6.45, 7) is 13.3. The fraction of sp³-hybridized carbons (Fsp3) is 0.556. The van der Waals surface area contributed by atoms with E-state index in [4.69, 9.17) is 9.47 Å². The second kappa shape index (κ2) is 12.2. The molecule has 1 fully saturated rings. The van der Waals surface area contributed by atoms with Gasteiger partial charge in [-0.15, -0.1) is 0 Å². The smallest absolute Gasteiger partial charge is 0.119 e. The Balaban J connectivity index is 1.25. The molecule has 1 atom stereocenters. The van der Waals surface area contributed by atoms with Gasteiger partial charge < -0.3 is 24.8 Å². The molecule has 176 valence electrons. The maximum Gasteiger partial charge on any atom is 0.119 e. The van der Waals surface area contributed by atoms with Crippen molar-refractivity contribution in [1.82, 2.24) is 10.2 Å². The Morgan fingerprint density at radius 1 is 0.906 bits per heavy atom. The third-order valence-corrected chi connectivity index (χ3v) is 6.52. The van der Waals surface area contributed by atoms with E-state index in [0.717, 1.165) is 57.0 Å². The van der Waals surface area contributed by atoms with Crippen LogP contribution in [0.5, 0.6) is 11.5 Å². The molecular formula is C27H40N2O3. The zero-order valence-corrected chi connectivity index (χ0v) is 20.2. The van der Waals surface area contributed by atoms with Crippen molar-refractivity contribution in [1.29, 1.82) is 0 Å². The number of likely N-dealkylation sites (tertiary alicyclic amines) is 1. The molecule has 1 aliphatic heterocycles. The van der Waals surface area contributed by atoms with Crippen molar-refractivity contribution < 1.29 is 14.6 Å². The molecule has 0 bridgehead atoms. The lowest BCUT2D eigenvalue weighted by atomic mass is 10.0. The lowest BCUT2D eigenvalue weighted by molar-refractivity contribution is 0.0979. The van der Waals surface area contributed by atoms with E-state index in [-0.39, 0.29) is 0 Å². The summed E-state index contributed by atoms with van der Waals surface area (Å²) in [5, 5.41) is 13.8. The summed E-state index contributed by atoms with van der Waals surface area (Å²) < 4.78 is 11.7. The van der Waals surface area contributed by atoms with Gasteiger partial charge in [0.2, 0.25) is 0 Å². The predicted octanol–water partition coefficient (Wildman–Crippen LogP) is 4.18. The number of ether oxygens (including phenoxy) is 2. The fourth-order valence-corrected chi connectivity index (χ4v) is 4.00. The number of piperidine rings is 1. The van der Waals surface area contributed by atoms with E-state index < -0.39 is 6.10 Å². The van der Waals surface area contributed by atoms with E-state index in [2.05, 4.69) is 62.2 Å². The first-order valence-corrected chi connectivity index (χ1v) is 11.9. The van der Waals surface area contributed by atoms with Crippen molar-refractivity contribution in [2.75, 3.05) is 39.4 Å². The third kappa shape index (κ3) is 7.80. The van der Waals surface area contributed by atoms with Crippen LogP contribution < -0.4 is 14.8 Å². The highest BCUT2D eigenvalue weighted by Gasteiger charge is 2.19. The summed E-state index contributed by atoms with van der Waals surface area (Å²) in [6, 6.07) is 12.8. The zero-order chi connectivity index (χ0) is 22.9. The maximum atomic E-state index is 10.3. The molecule has 0 radical (unpaired) electrons. The van der Waals surface area contributed by atoms with Crippen molar-refractivity contribution in [3.05, 3.63) is 58.7 Å². The summed E-state index contributed by atoms with van der Waals surface area (Å²) in [7, 11) is 0. The largest absolute Gasteiger partial charge is 0.494 e. The van der Waals surface area contributed by atoms with E-state index in [1.807, 2.05) is 12.1 Å². The Morgan fingerprint density at radius 2 is 1.50 bits per heavy atom. The van der Waals surface area contributed by atoms with Gasteiger partial charge >= 0.3 is 0 Å². The Labute approximate surface area is 193 Å². The average molecular weight is 441 g/mol. The van der Waals surface area contributed by atoms with Crippen molar-refractivity contribution in [3.8, 4) is 11.5 Å². The van der Waals surface area contributed by atoms with E-state index in [1.165, 1.54) is 22.3 Å². The highest BCUT2D eigenvalue weighted by Crippen LogP contribution is 2.18. The lowest BCUT2D eigenvalue weighted by Crippen LogP contribution is -2.45. The van der Waals surface area contributed by atoms with Crippen LogP contribution in [-0.2, 0) is 0 Å². The Hall–Kier alpha value is -2.08. The monoisotopic (exact) mass is 440 g/mol. The number of hydrogen-bond acceptors (Lipinski definition) is 5. The van der Waals surface area contributed by atoms with Gasteiger partial charge in [0.1, 0.15) is 24.2 Å². The molecule has 0 amide bonds. The van der Waals surface area contributed by atoms with Gasteiger partial charge in [0.25, 0.3) is 0 Å². The lowest BCUT2D eigenvalue weighted by Gasteiger charge is -2.32. The van der Waals surface area contributed by atoms with Crippen LogP contribution >= 0.6 is 0 Å². The van der Waals surface area contributed by atoms with Gasteiger partial charge in [0.05, 0.1) is 6.61 Å². The molecule has 1 unspecified atom stereocenters. The molecule has 3 rings (SSSR count). The van der Waals surface area contributed by atoms with E-state index in [9.17, 15) is 5.11 Å². The molecule has 2 N–H and O–H groups in total. The summed E-state index contributed by atoms with van der Waals surface area (Å²) in [6.07, 6.45) is 2.77. The van der Waals surface area contributed by atoms with Gasteiger partial charge in [-0.1, -0.05) is 12.1 Å². The van der Waals surface area contributed by atoms with Gasteiger partial charge in [-0.25, -0.2) is 0 Å². The quantitative estimate of drug-likeness (QED) is 0.514. The van der Waals surface area contributed by atoms with Crippen molar-refractivity contribution in [2.45, 2.75) is 59.1 Å².